The molecule has 0 aliphatic rings. The van der Waals surface area contributed by atoms with Crippen LogP contribution in [0.5, 0.6) is 0 Å². The lowest BCUT2D eigenvalue weighted by atomic mass is 10.0. The number of rotatable bonds is 31. The number of aliphatic hydroxyl groups excluding tert-OH is 3. The van der Waals surface area contributed by atoms with E-state index >= 15 is 0 Å². The van der Waals surface area contributed by atoms with E-state index in [1.165, 1.54) is 96.3 Å². The van der Waals surface area contributed by atoms with Crippen molar-refractivity contribution >= 4 is 5.91 Å². The highest BCUT2D eigenvalue weighted by atomic mass is 16.3. The number of unbranched alkanes of at least 4 members (excludes halogenated alkanes) is 15. The van der Waals surface area contributed by atoms with E-state index in [9.17, 15) is 20.1 Å². The van der Waals surface area contributed by atoms with Gasteiger partial charge in [0.05, 0.1) is 24.9 Å². The number of hydrogen-bond donors (Lipinski definition) is 4. The van der Waals surface area contributed by atoms with Crippen LogP contribution in [-0.2, 0) is 4.79 Å². The molecule has 0 aliphatic heterocycles. The predicted molar refractivity (Wildman–Crippen MR) is 185 cm³/mol. The standard InChI is InChI=1S/C38H69NO4/c1-3-5-7-9-11-13-15-17-19-21-23-25-27-30-35(41)31-29-33-38(43)39-36(34-40)37(42)32-28-26-24-22-20-18-16-14-12-10-8-6-4-2/h11,13,17,19,23,25,27,30,35-37,40-42H,3-10,12,14-16,18,20-22,24,26,28-29,31-34H2,1-2H3,(H,39,43)/b13-11-,19-17-,25-23-,30-27+/t35-,36-,37+/m0/s1. The summed E-state index contributed by atoms with van der Waals surface area (Å²) in [5, 5.41) is 33.1. The summed E-state index contributed by atoms with van der Waals surface area (Å²) >= 11 is 0. The van der Waals surface area contributed by atoms with Crippen LogP contribution < -0.4 is 5.32 Å². The van der Waals surface area contributed by atoms with E-state index in [4.69, 9.17) is 0 Å². The summed E-state index contributed by atoms with van der Waals surface area (Å²) in [7, 11) is 0. The molecule has 4 N–H and O–H groups in total. The summed E-state index contributed by atoms with van der Waals surface area (Å²) < 4.78 is 0. The van der Waals surface area contributed by atoms with Crippen molar-refractivity contribution in [1.82, 2.24) is 5.32 Å². The van der Waals surface area contributed by atoms with Crippen LogP contribution in [0, 0.1) is 0 Å². The number of carbonyl (C=O) groups is 1. The topological polar surface area (TPSA) is 89.8 Å². The van der Waals surface area contributed by atoms with E-state index < -0.39 is 18.2 Å². The molecule has 0 radical (unpaired) electrons. The lowest BCUT2D eigenvalue weighted by Gasteiger charge is -2.22. The SMILES string of the molecule is CCCCC/C=C\C/C=C\C/C=C\C=C\[C@H](O)CCCC(=O)N[C@@H](CO)[C@H](O)CCCCCCCCCCCCCCC. The molecule has 1 amide bonds. The summed E-state index contributed by atoms with van der Waals surface area (Å²) in [6.07, 6.45) is 40.4. The zero-order valence-electron chi connectivity index (χ0n) is 28.1. The van der Waals surface area contributed by atoms with Gasteiger partial charge in [-0.25, -0.2) is 0 Å². The minimum Gasteiger partial charge on any atom is -0.394 e. The third-order valence-electron chi connectivity index (χ3n) is 7.95. The number of carbonyl (C=O) groups excluding carboxylic acids is 1. The lowest BCUT2D eigenvalue weighted by Crippen LogP contribution is -2.45. The second-order valence-corrected chi connectivity index (χ2v) is 12.1. The van der Waals surface area contributed by atoms with E-state index in [1.54, 1.807) is 6.08 Å². The zero-order valence-corrected chi connectivity index (χ0v) is 28.1. The molecule has 0 aromatic rings. The van der Waals surface area contributed by atoms with Crippen molar-refractivity contribution in [2.75, 3.05) is 6.61 Å². The monoisotopic (exact) mass is 604 g/mol. The molecule has 0 rings (SSSR count). The first-order chi connectivity index (χ1) is 21.0. The molecular weight excluding hydrogens is 534 g/mol. The molecule has 0 heterocycles. The number of amides is 1. The minimum absolute atomic E-state index is 0.192. The first kappa shape index (κ1) is 41.3. The van der Waals surface area contributed by atoms with Crippen LogP contribution in [0.2, 0.25) is 0 Å². The molecule has 0 saturated heterocycles. The maximum absolute atomic E-state index is 12.3. The van der Waals surface area contributed by atoms with Crippen LogP contribution in [0.25, 0.3) is 0 Å². The van der Waals surface area contributed by atoms with Gasteiger partial charge in [-0.1, -0.05) is 159 Å². The van der Waals surface area contributed by atoms with Gasteiger partial charge in [0.25, 0.3) is 0 Å². The van der Waals surface area contributed by atoms with Crippen molar-refractivity contribution in [3.8, 4) is 0 Å². The molecule has 0 saturated carbocycles. The maximum Gasteiger partial charge on any atom is 0.220 e. The Bertz CT molecular complexity index is 715. The number of aliphatic hydroxyl groups is 3. The first-order valence-electron chi connectivity index (χ1n) is 17.9. The van der Waals surface area contributed by atoms with E-state index in [0.717, 1.165) is 25.7 Å². The van der Waals surface area contributed by atoms with Crippen LogP contribution in [-0.4, -0.2) is 46.1 Å². The van der Waals surface area contributed by atoms with Crippen molar-refractivity contribution in [2.24, 2.45) is 0 Å². The molecule has 43 heavy (non-hydrogen) atoms. The Morgan fingerprint density at radius 3 is 1.77 bits per heavy atom. The summed E-state index contributed by atoms with van der Waals surface area (Å²) in [4.78, 5) is 12.3. The van der Waals surface area contributed by atoms with Gasteiger partial charge in [0.15, 0.2) is 0 Å². The Morgan fingerprint density at radius 2 is 1.16 bits per heavy atom. The van der Waals surface area contributed by atoms with E-state index in [-0.39, 0.29) is 18.9 Å². The van der Waals surface area contributed by atoms with Gasteiger partial charge in [-0.2, -0.15) is 0 Å². The fourth-order valence-corrected chi connectivity index (χ4v) is 5.11. The molecular formula is C38H69NO4. The second-order valence-electron chi connectivity index (χ2n) is 12.1. The van der Waals surface area contributed by atoms with E-state index in [0.29, 0.717) is 19.3 Å². The van der Waals surface area contributed by atoms with Crippen molar-refractivity contribution in [1.29, 1.82) is 0 Å². The summed E-state index contributed by atoms with van der Waals surface area (Å²) in [6, 6.07) is -0.629. The molecule has 3 atom stereocenters. The van der Waals surface area contributed by atoms with E-state index in [1.807, 2.05) is 12.2 Å². The van der Waals surface area contributed by atoms with Gasteiger partial charge in [0.1, 0.15) is 0 Å². The van der Waals surface area contributed by atoms with E-state index in [2.05, 4.69) is 49.5 Å². The van der Waals surface area contributed by atoms with Gasteiger partial charge >= 0.3 is 0 Å². The van der Waals surface area contributed by atoms with Crippen LogP contribution in [0.1, 0.15) is 162 Å². The van der Waals surface area contributed by atoms with Gasteiger partial charge < -0.3 is 20.6 Å². The fraction of sp³-hybridized carbons (Fsp3) is 0.763. The fourth-order valence-electron chi connectivity index (χ4n) is 5.11. The summed E-state index contributed by atoms with van der Waals surface area (Å²) in [5.74, 6) is -0.192. The quantitative estimate of drug-likeness (QED) is 0.0361. The van der Waals surface area contributed by atoms with Crippen LogP contribution >= 0.6 is 0 Å². The third kappa shape index (κ3) is 30.1. The average Bonchev–Trinajstić information content (AvgIpc) is 3.00. The molecule has 0 aromatic heterocycles. The number of nitrogens with one attached hydrogen (secondary N) is 1. The highest BCUT2D eigenvalue weighted by Crippen LogP contribution is 2.14. The molecule has 5 heteroatoms. The molecule has 0 fully saturated rings. The predicted octanol–water partition coefficient (Wildman–Crippen LogP) is 9.42. The summed E-state index contributed by atoms with van der Waals surface area (Å²) in [6.45, 7) is 4.21. The van der Waals surface area contributed by atoms with Crippen molar-refractivity contribution in [3.05, 3.63) is 48.6 Å². The zero-order chi connectivity index (χ0) is 31.6. The molecule has 5 nitrogen and oxygen atoms in total. The largest absolute Gasteiger partial charge is 0.394 e. The van der Waals surface area contributed by atoms with Gasteiger partial charge in [0.2, 0.25) is 5.91 Å². The Hall–Kier alpha value is -1.69. The smallest absolute Gasteiger partial charge is 0.220 e. The molecule has 0 spiro atoms. The summed E-state index contributed by atoms with van der Waals surface area (Å²) in [5.41, 5.74) is 0. The number of allylic oxidation sites excluding steroid dienone is 7. The maximum atomic E-state index is 12.3. The Balaban J connectivity index is 3.84. The Labute approximate surface area is 266 Å². The Morgan fingerprint density at radius 1 is 0.628 bits per heavy atom. The highest BCUT2D eigenvalue weighted by Gasteiger charge is 2.20. The molecule has 250 valence electrons. The highest BCUT2D eigenvalue weighted by molar-refractivity contribution is 5.76. The van der Waals surface area contributed by atoms with Gasteiger partial charge in [-0.15, -0.1) is 0 Å². The second kappa shape index (κ2) is 33.2. The average molecular weight is 604 g/mol. The van der Waals surface area contributed by atoms with Crippen molar-refractivity contribution in [2.45, 2.75) is 180 Å². The molecule has 0 bridgehead atoms. The van der Waals surface area contributed by atoms with Crippen LogP contribution in [0.3, 0.4) is 0 Å². The normalized spacial score (nSPS) is 14.4. The molecule has 0 unspecified atom stereocenters. The van der Waals surface area contributed by atoms with Crippen LogP contribution in [0.15, 0.2) is 48.6 Å². The van der Waals surface area contributed by atoms with Crippen molar-refractivity contribution in [3.63, 3.8) is 0 Å². The lowest BCUT2D eigenvalue weighted by molar-refractivity contribution is -0.123. The van der Waals surface area contributed by atoms with Crippen LogP contribution in [0.4, 0.5) is 0 Å². The minimum atomic E-state index is -0.733. The third-order valence-corrected chi connectivity index (χ3v) is 7.95. The first-order valence-corrected chi connectivity index (χ1v) is 17.9. The van der Waals surface area contributed by atoms with Gasteiger partial charge in [-0.3, -0.25) is 4.79 Å². The van der Waals surface area contributed by atoms with Gasteiger partial charge in [-0.05, 0) is 44.9 Å². The van der Waals surface area contributed by atoms with Crippen molar-refractivity contribution < 1.29 is 20.1 Å². The molecule has 0 aromatic carbocycles. The Kier molecular flexibility index (Phi) is 31.9. The number of hydrogen-bond acceptors (Lipinski definition) is 4. The molecule has 0 aliphatic carbocycles. The van der Waals surface area contributed by atoms with Gasteiger partial charge in [0, 0.05) is 6.42 Å².